The Balaban J connectivity index is 1.77. The molecule has 1 fully saturated rings. The van der Waals surface area contributed by atoms with Crippen LogP contribution in [0, 0.1) is 12.8 Å². The zero-order chi connectivity index (χ0) is 14.8. The third-order valence-corrected chi connectivity index (χ3v) is 5.13. The van der Waals surface area contributed by atoms with Crippen LogP contribution in [0.25, 0.3) is 0 Å². The van der Waals surface area contributed by atoms with Crippen molar-refractivity contribution >= 4 is 15.9 Å². The zero-order valence-corrected chi connectivity index (χ0v) is 12.4. The SMILES string of the molecule is Cc1cc(CN(C)C(=O)NC[C@H]2CCS(=O)(=O)C2)no1. The molecule has 0 aliphatic carbocycles. The number of nitrogens with zero attached hydrogens (tertiary/aromatic N) is 2. The highest BCUT2D eigenvalue weighted by atomic mass is 32.2. The first kappa shape index (κ1) is 14.8. The fraction of sp³-hybridized carbons (Fsp3) is 0.667. The van der Waals surface area contributed by atoms with Gasteiger partial charge < -0.3 is 14.7 Å². The van der Waals surface area contributed by atoms with Crippen LogP contribution in [0.3, 0.4) is 0 Å². The summed E-state index contributed by atoms with van der Waals surface area (Å²) in [7, 11) is -1.24. The van der Waals surface area contributed by atoms with Crippen LogP contribution in [0.2, 0.25) is 0 Å². The molecule has 2 amide bonds. The minimum Gasteiger partial charge on any atom is -0.361 e. The van der Waals surface area contributed by atoms with Gasteiger partial charge in [0.1, 0.15) is 11.5 Å². The molecule has 0 unspecified atom stereocenters. The molecule has 1 aromatic heterocycles. The van der Waals surface area contributed by atoms with Gasteiger partial charge in [-0.25, -0.2) is 13.2 Å². The van der Waals surface area contributed by atoms with E-state index in [1.54, 1.807) is 20.0 Å². The topological polar surface area (TPSA) is 92.5 Å². The van der Waals surface area contributed by atoms with Crippen molar-refractivity contribution in [2.45, 2.75) is 19.9 Å². The van der Waals surface area contributed by atoms with Gasteiger partial charge in [0.15, 0.2) is 9.84 Å². The molecule has 0 aromatic carbocycles. The second-order valence-corrected chi connectivity index (χ2v) is 7.47. The summed E-state index contributed by atoms with van der Waals surface area (Å²) < 4.78 is 27.6. The Hall–Kier alpha value is -1.57. The Morgan fingerprint density at radius 1 is 1.60 bits per heavy atom. The molecule has 1 N–H and O–H groups in total. The minimum atomic E-state index is -2.90. The van der Waals surface area contributed by atoms with Crippen LogP contribution < -0.4 is 5.32 Å². The number of nitrogens with one attached hydrogen (secondary N) is 1. The van der Waals surface area contributed by atoms with Gasteiger partial charge in [0.2, 0.25) is 0 Å². The summed E-state index contributed by atoms with van der Waals surface area (Å²) in [5, 5.41) is 6.57. The van der Waals surface area contributed by atoms with E-state index in [0.29, 0.717) is 31.0 Å². The highest BCUT2D eigenvalue weighted by molar-refractivity contribution is 7.91. The monoisotopic (exact) mass is 301 g/mol. The van der Waals surface area contributed by atoms with Gasteiger partial charge in [0, 0.05) is 19.7 Å². The predicted octanol–water partition coefficient (Wildman–Crippen LogP) is 0.559. The van der Waals surface area contributed by atoms with E-state index in [4.69, 9.17) is 4.52 Å². The molecule has 7 nitrogen and oxygen atoms in total. The van der Waals surface area contributed by atoms with Gasteiger partial charge in [-0.3, -0.25) is 0 Å². The molecule has 1 atom stereocenters. The van der Waals surface area contributed by atoms with E-state index < -0.39 is 9.84 Å². The Labute approximate surface area is 118 Å². The normalized spacial score (nSPS) is 20.8. The number of rotatable bonds is 4. The summed E-state index contributed by atoms with van der Waals surface area (Å²) in [5.41, 5.74) is 0.684. The molecule has 1 aliphatic heterocycles. The quantitative estimate of drug-likeness (QED) is 0.877. The van der Waals surface area contributed by atoms with Gasteiger partial charge in [-0.1, -0.05) is 5.16 Å². The first-order valence-electron chi connectivity index (χ1n) is 6.47. The lowest BCUT2D eigenvalue weighted by Gasteiger charge is -2.18. The molecule has 112 valence electrons. The molecule has 1 aromatic rings. The molecule has 0 bridgehead atoms. The van der Waals surface area contributed by atoms with Crippen LogP contribution in [0.5, 0.6) is 0 Å². The van der Waals surface area contributed by atoms with Crippen LogP contribution in [0.1, 0.15) is 17.9 Å². The Kier molecular flexibility index (Phi) is 4.32. The molecule has 0 saturated carbocycles. The first-order chi connectivity index (χ1) is 9.35. The van der Waals surface area contributed by atoms with E-state index in [1.165, 1.54) is 4.90 Å². The van der Waals surface area contributed by atoms with Crippen LogP contribution >= 0.6 is 0 Å². The molecular weight excluding hydrogens is 282 g/mol. The lowest BCUT2D eigenvalue weighted by molar-refractivity contribution is 0.204. The standard InChI is InChI=1S/C12H19N3O4S/c1-9-5-11(14-19-9)7-15(2)12(16)13-6-10-3-4-20(17,18)8-10/h5,10H,3-4,6-8H2,1-2H3,(H,13,16)/t10-/m1/s1. The van der Waals surface area contributed by atoms with Gasteiger partial charge in [-0.2, -0.15) is 0 Å². The average molecular weight is 301 g/mol. The fourth-order valence-electron chi connectivity index (χ4n) is 2.21. The average Bonchev–Trinajstić information content (AvgIpc) is 2.92. The third-order valence-electron chi connectivity index (χ3n) is 3.29. The van der Waals surface area contributed by atoms with E-state index in [0.717, 1.165) is 0 Å². The van der Waals surface area contributed by atoms with E-state index in [-0.39, 0.29) is 23.5 Å². The minimum absolute atomic E-state index is 0.0200. The summed E-state index contributed by atoms with van der Waals surface area (Å²) in [6, 6.07) is 1.53. The fourth-order valence-corrected chi connectivity index (χ4v) is 4.07. The summed E-state index contributed by atoms with van der Waals surface area (Å²) in [5.74, 6) is 1.11. The van der Waals surface area contributed by atoms with Crippen molar-refractivity contribution in [2.75, 3.05) is 25.1 Å². The number of carbonyl (C=O) groups is 1. The van der Waals surface area contributed by atoms with E-state index in [9.17, 15) is 13.2 Å². The van der Waals surface area contributed by atoms with Crippen molar-refractivity contribution in [3.05, 3.63) is 17.5 Å². The maximum atomic E-state index is 11.9. The number of hydrogen-bond acceptors (Lipinski definition) is 5. The van der Waals surface area contributed by atoms with Crippen molar-refractivity contribution in [1.82, 2.24) is 15.4 Å². The molecule has 20 heavy (non-hydrogen) atoms. The second kappa shape index (κ2) is 5.82. The second-order valence-electron chi connectivity index (χ2n) is 5.24. The molecule has 2 rings (SSSR count). The van der Waals surface area contributed by atoms with Gasteiger partial charge >= 0.3 is 6.03 Å². The summed E-state index contributed by atoms with van der Waals surface area (Å²) in [6.45, 7) is 2.53. The van der Waals surface area contributed by atoms with Crippen molar-refractivity contribution in [3.8, 4) is 0 Å². The number of carbonyl (C=O) groups excluding carboxylic acids is 1. The Morgan fingerprint density at radius 3 is 2.90 bits per heavy atom. The molecule has 1 saturated heterocycles. The highest BCUT2D eigenvalue weighted by Gasteiger charge is 2.28. The number of amides is 2. The van der Waals surface area contributed by atoms with E-state index in [1.807, 2.05) is 0 Å². The number of hydrogen-bond donors (Lipinski definition) is 1. The van der Waals surface area contributed by atoms with E-state index >= 15 is 0 Å². The summed E-state index contributed by atoms with van der Waals surface area (Å²) in [6.07, 6.45) is 0.620. The largest absolute Gasteiger partial charge is 0.361 e. The van der Waals surface area contributed by atoms with Crippen molar-refractivity contribution in [2.24, 2.45) is 5.92 Å². The Morgan fingerprint density at radius 2 is 2.35 bits per heavy atom. The maximum Gasteiger partial charge on any atom is 0.317 e. The third kappa shape index (κ3) is 3.96. The van der Waals surface area contributed by atoms with Crippen LogP contribution in [-0.2, 0) is 16.4 Å². The molecular formula is C12H19N3O4S. The van der Waals surface area contributed by atoms with Crippen molar-refractivity contribution in [1.29, 1.82) is 0 Å². The Bertz CT molecular complexity index is 581. The molecule has 0 radical (unpaired) electrons. The van der Waals surface area contributed by atoms with Crippen LogP contribution in [0.4, 0.5) is 4.79 Å². The molecule has 0 spiro atoms. The number of aryl methyl sites for hydroxylation is 1. The predicted molar refractivity (Wildman–Crippen MR) is 72.9 cm³/mol. The van der Waals surface area contributed by atoms with Crippen LogP contribution in [-0.4, -0.2) is 49.6 Å². The van der Waals surface area contributed by atoms with Crippen LogP contribution in [0.15, 0.2) is 10.6 Å². The lowest BCUT2D eigenvalue weighted by Crippen LogP contribution is -2.39. The van der Waals surface area contributed by atoms with Gasteiger partial charge in [0.25, 0.3) is 0 Å². The zero-order valence-electron chi connectivity index (χ0n) is 11.6. The van der Waals surface area contributed by atoms with Crippen molar-refractivity contribution < 1.29 is 17.7 Å². The maximum absolute atomic E-state index is 11.9. The van der Waals surface area contributed by atoms with E-state index in [2.05, 4.69) is 10.5 Å². The highest BCUT2D eigenvalue weighted by Crippen LogP contribution is 2.17. The summed E-state index contributed by atoms with van der Waals surface area (Å²) >= 11 is 0. The smallest absolute Gasteiger partial charge is 0.317 e. The van der Waals surface area contributed by atoms with Gasteiger partial charge in [-0.15, -0.1) is 0 Å². The summed E-state index contributed by atoms with van der Waals surface area (Å²) in [4.78, 5) is 13.4. The van der Waals surface area contributed by atoms with Gasteiger partial charge in [0.05, 0.1) is 18.1 Å². The molecule has 8 heteroatoms. The number of sulfone groups is 1. The molecule has 2 heterocycles. The molecule has 1 aliphatic rings. The number of urea groups is 1. The first-order valence-corrected chi connectivity index (χ1v) is 8.29. The lowest BCUT2D eigenvalue weighted by atomic mass is 10.1. The van der Waals surface area contributed by atoms with Gasteiger partial charge in [-0.05, 0) is 19.3 Å². The van der Waals surface area contributed by atoms with Crippen molar-refractivity contribution in [3.63, 3.8) is 0 Å². The number of aromatic nitrogens is 1.